The van der Waals surface area contributed by atoms with Crippen molar-refractivity contribution in [2.75, 3.05) is 0 Å². The van der Waals surface area contributed by atoms with E-state index in [1.165, 1.54) is 20.5 Å². The third-order valence-electron chi connectivity index (χ3n) is 3.24. The molecule has 0 unspecified atom stereocenters. The highest BCUT2D eigenvalue weighted by molar-refractivity contribution is 7.17. The molecule has 0 aliphatic heterocycles. The molecule has 0 aliphatic rings. The average molecular weight is 294 g/mol. The summed E-state index contributed by atoms with van der Waals surface area (Å²) in [4.78, 5) is 9.88. The normalized spacial score (nSPS) is 11.0. The van der Waals surface area contributed by atoms with Crippen LogP contribution in [0.3, 0.4) is 0 Å². The van der Waals surface area contributed by atoms with Crippen LogP contribution in [0.15, 0.2) is 59.7 Å². The Balaban J connectivity index is 1.99. The van der Waals surface area contributed by atoms with Gasteiger partial charge in [0, 0.05) is 27.4 Å². The predicted octanol–water partition coefficient (Wildman–Crippen LogP) is 5.09. The Hall–Kier alpha value is -2.04. The fraction of sp³-hybridized carbons (Fsp3) is 0. The van der Waals surface area contributed by atoms with E-state index >= 15 is 0 Å². The maximum absolute atomic E-state index is 4.49. The molecule has 0 radical (unpaired) electrons. The fourth-order valence-corrected chi connectivity index (χ4v) is 4.02. The Bertz CT molecular complexity index is 863. The van der Waals surface area contributed by atoms with E-state index < -0.39 is 0 Å². The highest BCUT2D eigenvalue weighted by Crippen LogP contribution is 2.38. The third kappa shape index (κ3) is 1.85. The molecule has 3 aromatic heterocycles. The molecule has 4 heteroatoms. The maximum Gasteiger partial charge on any atom is 0.116 e. The van der Waals surface area contributed by atoms with Gasteiger partial charge in [-0.1, -0.05) is 24.3 Å². The number of hydrogen-bond acceptors (Lipinski definition) is 4. The van der Waals surface area contributed by atoms with E-state index in [-0.39, 0.29) is 0 Å². The van der Waals surface area contributed by atoms with Crippen molar-refractivity contribution >= 4 is 32.8 Å². The van der Waals surface area contributed by atoms with Crippen LogP contribution < -0.4 is 0 Å². The molecule has 0 N–H and O–H groups in total. The van der Waals surface area contributed by atoms with Crippen molar-refractivity contribution in [2.24, 2.45) is 0 Å². The number of hydrogen-bond donors (Lipinski definition) is 0. The lowest BCUT2D eigenvalue weighted by atomic mass is 10.0. The molecular formula is C16H10N2S2. The van der Waals surface area contributed by atoms with Gasteiger partial charge in [0.1, 0.15) is 6.33 Å². The molecule has 0 saturated carbocycles. The zero-order chi connectivity index (χ0) is 13.4. The minimum absolute atomic E-state index is 1.01. The van der Waals surface area contributed by atoms with Crippen molar-refractivity contribution < 1.29 is 0 Å². The fourth-order valence-electron chi connectivity index (χ4n) is 2.32. The molecule has 0 aliphatic carbocycles. The lowest BCUT2D eigenvalue weighted by molar-refractivity contribution is 1.18. The van der Waals surface area contributed by atoms with Crippen LogP contribution in [0, 0.1) is 0 Å². The van der Waals surface area contributed by atoms with Gasteiger partial charge in [-0.15, -0.1) is 22.7 Å². The first-order valence-electron chi connectivity index (χ1n) is 6.24. The first kappa shape index (κ1) is 11.8. The molecule has 4 aromatic rings. The summed E-state index contributed by atoms with van der Waals surface area (Å²) in [6.45, 7) is 0. The lowest BCUT2D eigenvalue weighted by Gasteiger charge is -2.05. The van der Waals surface area contributed by atoms with Gasteiger partial charge in [0.25, 0.3) is 0 Å². The molecule has 1 aromatic carbocycles. The lowest BCUT2D eigenvalue weighted by Crippen LogP contribution is -1.88. The third-order valence-corrected chi connectivity index (χ3v) is 5.08. The molecule has 4 rings (SSSR count). The van der Waals surface area contributed by atoms with Gasteiger partial charge in [-0.3, -0.25) is 0 Å². The van der Waals surface area contributed by atoms with E-state index in [0.29, 0.717) is 0 Å². The molecule has 3 heterocycles. The molecule has 20 heavy (non-hydrogen) atoms. The van der Waals surface area contributed by atoms with Crippen molar-refractivity contribution in [1.29, 1.82) is 0 Å². The Morgan fingerprint density at radius 2 is 1.85 bits per heavy atom. The van der Waals surface area contributed by atoms with Gasteiger partial charge in [-0.25, -0.2) is 9.97 Å². The van der Waals surface area contributed by atoms with E-state index in [4.69, 9.17) is 0 Å². The summed E-state index contributed by atoms with van der Waals surface area (Å²) in [5.41, 5.74) is 3.33. The van der Waals surface area contributed by atoms with Crippen LogP contribution in [-0.4, -0.2) is 9.97 Å². The first-order chi connectivity index (χ1) is 9.93. The van der Waals surface area contributed by atoms with Gasteiger partial charge >= 0.3 is 0 Å². The summed E-state index contributed by atoms with van der Waals surface area (Å²) >= 11 is 3.47. The topological polar surface area (TPSA) is 25.8 Å². The van der Waals surface area contributed by atoms with Crippen LogP contribution >= 0.6 is 22.7 Å². The minimum Gasteiger partial charge on any atom is -0.244 e. The van der Waals surface area contributed by atoms with E-state index in [2.05, 4.69) is 57.1 Å². The van der Waals surface area contributed by atoms with Gasteiger partial charge in [-0.05, 0) is 22.9 Å². The molecule has 0 bridgehead atoms. The number of nitrogens with zero attached hydrogens (tertiary/aromatic N) is 2. The van der Waals surface area contributed by atoms with Crippen LogP contribution in [0.5, 0.6) is 0 Å². The Kier molecular flexibility index (Phi) is 2.83. The highest BCUT2D eigenvalue weighted by Gasteiger charge is 2.13. The molecule has 0 spiro atoms. The molecule has 0 atom stereocenters. The largest absolute Gasteiger partial charge is 0.244 e. The van der Waals surface area contributed by atoms with Gasteiger partial charge in [0.2, 0.25) is 0 Å². The summed E-state index contributed by atoms with van der Waals surface area (Å²) in [6, 6.07) is 12.6. The second kappa shape index (κ2) is 4.81. The quantitative estimate of drug-likeness (QED) is 0.515. The molecule has 2 nitrogen and oxygen atoms in total. The molecule has 0 saturated heterocycles. The van der Waals surface area contributed by atoms with Crippen molar-refractivity contribution in [3.05, 3.63) is 59.7 Å². The summed E-state index contributed by atoms with van der Waals surface area (Å²) in [5, 5.41) is 5.54. The van der Waals surface area contributed by atoms with Gasteiger partial charge in [0.05, 0.1) is 10.6 Å². The van der Waals surface area contributed by atoms with Crippen molar-refractivity contribution in [3.63, 3.8) is 0 Å². The maximum atomic E-state index is 4.49. The number of fused-ring (bicyclic) bond motifs is 1. The van der Waals surface area contributed by atoms with E-state index in [1.54, 1.807) is 29.0 Å². The Labute approximate surface area is 124 Å². The van der Waals surface area contributed by atoms with E-state index in [9.17, 15) is 0 Å². The Morgan fingerprint density at radius 3 is 2.75 bits per heavy atom. The number of rotatable bonds is 2. The first-order valence-corrected chi connectivity index (χ1v) is 8.00. The van der Waals surface area contributed by atoms with Gasteiger partial charge in [0.15, 0.2) is 0 Å². The smallest absolute Gasteiger partial charge is 0.116 e. The van der Waals surface area contributed by atoms with Crippen molar-refractivity contribution in [1.82, 2.24) is 9.97 Å². The number of benzene rings is 1. The summed E-state index contributed by atoms with van der Waals surface area (Å²) in [5.74, 6) is 0. The van der Waals surface area contributed by atoms with Crippen LogP contribution in [0.1, 0.15) is 0 Å². The van der Waals surface area contributed by atoms with Crippen molar-refractivity contribution in [3.8, 4) is 21.7 Å². The standard InChI is InChI=1S/C16H10N2S2/c1-2-5-14-11(4-1)13(9-20-14)12-8-17-10-18-16(12)15-6-3-7-19-15/h1-10H. The monoisotopic (exact) mass is 294 g/mol. The zero-order valence-corrected chi connectivity index (χ0v) is 12.1. The van der Waals surface area contributed by atoms with E-state index in [1.807, 2.05) is 6.20 Å². The average Bonchev–Trinajstić information content (AvgIpc) is 3.17. The van der Waals surface area contributed by atoms with Gasteiger partial charge < -0.3 is 0 Å². The molecule has 96 valence electrons. The van der Waals surface area contributed by atoms with Crippen LogP contribution in [-0.2, 0) is 0 Å². The number of thiophene rings is 2. The SMILES string of the molecule is c1csc(-c2ncncc2-c2csc3ccccc23)c1. The highest BCUT2D eigenvalue weighted by atomic mass is 32.1. The van der Waals surface area contributed by atoms with Crippen molar-refractivity contribution in [2.45, 2.75) is 0 Å². The molecular weight excluding hydrogens is 284 g/mol. The zero-order valence-electron chi connectivity index (χ0n) is 10.5. The van der Waals surface area contributed by atoms with Crippen LogP contribution in [0.2, 0.25) is 0 Å². The minimum atomic E-state index is 1.01. The van der Waals surface area contributed by atoms with Crippen LogP contribution in [0.4, 0.5) is 0 Å². The summed E-state index contributed by atoms with van der Waals surface area (Å²) in [7, 11) is 0. The van der Waals surface area contributed by atoms with Crippen LogP contribution in [0.25, 0.3) is 31.8 Å². The summed E-state index contributed by atoms with van der Waals surface area (Å²) in [6.07, 6.45) is 3.53. The molecule has 0 fully saturated rings. The predicted molar refractivity (Wildman–Crippen MR) is 86.2 cm³/mol. The second-order valence-electron chi connectivity index (χ2n) is 4.41. The summed E-state index contributed by atoms with van der Waals surface area (Å²) < 4.78 is 1.29. The van der Waals surface area contributed by atoms with Gasteiger partial charge in [-0.2, -0.15) is 0 Å². The Morgan fingerprint density at radius 1 is 0.900 bits per heavy atom. The number of aromatic nitrogens is 2. The molecule has 0 amide bonds. The second-order valence-corrected chi connectivity index (χ2v) is 6.27. The van der Waals surface area contributed by atoms with E-state index in [0.717, 1.165) is 11.3 Å².